The van der Waals surface area contributed by atoms with Crippen LogP contribution in [0.25, 0.3) is 6.08 Å². The lowest BCUT2D eigenvalue weighted by Crippen LogP contribution is -2.36. The molecule has 0 spiro atoms. The molecule has 1 aliphatic heterocycles. The van der Waals surface area contributed by atoms with E-state index in [-0.39, 0.29) is 17.2 Å². The van der Waals surface area contributed by atoms with Crippen molar-refractivity contribution in [3.63, 3.8) is 0 Å². The zero-order valence-corrected chi connectivity index (χ0v) is 21.1. The van der Waals surface area contributed by atoms with Gasteiger partial charge in [-0.15, -0.1) is 6.42 Å². The van der Waals surface area contributed by atoms with Crippen molar-refractivity contribution in [3.05, 3.63) is 59.6 Å². The SMILES string of the molecule is C#CCOc1c(I)cc(/C=C2\SC(=O)N(CC(=O)Nc3ccc(F)cc3F)C2=O)cc1I. The Morgan fingerprint density at radius 3 is 2.53 bits per heavy atom. The zero-order chi connectivity index (χ0) is 23.4. The number of ether oxygens (including phenoxy) is 1. The van der Waals surface area contributed by atoms with Crippen molar-refractivity contribution < 1.29 is 27.9 Å². The molecule has 1 saturated heterocycles. The molecule has 3 rings (SSSR count). The van der Waals surface area contributed by atoms with E-state index < -0.39 is 35.2 Å². The van der Waals surface area contributed by atoms with Gasteiger partial charge in [-0.05, 0) is 92.8 Å². The fourth-order valence-corrected chi connectivity index (χ4v) is 5.59. The third-order valence-electron chi connectivity index (χ3n) is 4.00. The molecule has 0 radical (unpaired) electrons. The zero-order valence-electron chi connectivity index (χ0n) is 16.0. The molecule has 1 fully saturated rings. The van der Waals surface area contributed by atoms with Gasteiger partial charge in [-0.2, -0.15) is 0 Å². The van der Waals surface area contributed by atoms with E-state index in [9.17, 15) is 23.2 Å². The summed E-state index contributed by atoms with van der Waals surface area (Å²) in [5.74, 6) is -0.183. The maximum Gasteiger partial charge on any atom is 0.294 e. The Bertz CT molecular complexity index is 1170. The topological polar surface area (TPSA) is 75.7 Å². The number of nitrogens with one attached hydrogen (secondary N) is 1. The van der Waals surface area contributed by atoms with Crippen molar-refractivity contribution in [1.29, 1.82) is 0 Å². The molecule has 1 aliphatic rings. The minimum atomic E-state index is -0.966. The number of hydrogen-bond donors (Lipinski definition) is 1. The van der Waals surface area contributed by atoms with Gasteiger partial charge in [0.2, 0.25) is 5.91 Å². The lowest BCUT2D eigenvalue weighted by molar-refractivity contribution is -0.127. The number of anilines is 1. The normalized spacial score (nSPS) is 14.6. The average Bonchev–Trinajstić information content (AvgIpc) is 2.97. The maximum atomic E-state index is 13.7. The van der Waals surface area contributed by atoms with Crippen LogP contribution < -0.4 is 10.1 Å². The summed E-state index contributed by atoms with van der Waals surface area (Å²) in [5.41, 5.74) is 0.408. The number of terminal acetylenes is 1. The van der Waals surface area contributed by atoms with E-state index >= 15 is 0 Å². The van der Waals surface area contributed by atoms with Gasteiger partial charge in [-0.25, -0.2) is 8.78 Å². The molecule has 0 atom stereocenters. The van der Waals surface area contributed by atoms with Gasteiger partial charge in [0.15, 0.2) is 0 Å². The van der Waals surface area contributed by atoms with E-state index in [1.54, 1.807) is 12.1 Å². The predicted molar refractivity (Wildman–Crippen MR) is 134 cm³/mol. The first-order valence-electron chi connectivity index (χ1n) is 8.75. The fraction of sp³-hybridized carbons (Fsp3) is 0.0952. The molecule has 1 N–H and O–H groups in total. The van der Waals surface area contributed by atoms with Crippen molar-refractivity contribution >= 4 is 85.8 Å². The van der Waals surface area contributed by atoms with Crippen LogP contribution >= 0.6 is 56.9 Å². The molecular formula is C21H12F2I2N2O4S. The van der Waals surface area contributed by atoms with Crippen LogP contribution in [0, 0.1) is 31.1 Å². The maximum absolute atomic E-state index is 13.7. The molecule has 3 amide bonds. The van der Waals surface area contributed by atoms with Crippen LogP contribution in [0.3, 0.4) is 0 Å². The highest BCUT2D eigenvalue weighted by molar-refractivity contribution is 14.1. The van der Waals surface area contributed by atoms with Gasteiger partial charge in [0, 0.05) is 6.07 Å². The molecular weight excluding hydrogens is 668 g/mol. The lowest BCUT2D eigenvalue weighted by atomic mass is 10.2. The van der Waals surface area contributed by atoms with Crippen LogP contribution in [-0.2, 0) is 9.59 Å². The second kappa shape index (κ2) is 10.6. The van der Waals surface area contributed by atoms with Gasteiger partial charge in [0.05, 0.1) is 17.7 Å². The minimum absolute atomic E-state index is 0.119. The molecule has 2 aromatic rings. The first-order chi connectivity index (χ1) is 15.2. The van der Waals surface area contributed by atoms with Crippen LogP contribution in [0.4, 0.5) is 19.3 Å². The van der Waals surface area contributed by atoms with Crippen LogP contribution in [0.5, 0.6) is 5.75 Å². The van der Waals surface area contributed by atoms with Crippen LogP contribution in [0.1, 0.15) is 5.56 Å². The highest BCUT2D eigenvalue weighted by Crippen LogP contribution is 2.34. The monoisotopic (exact) mass is 680 g/mol. The van der Waals surface area contributed by atoms with Crippen molar-refractivity contribution in [2.45, 2.75) is 0 Å². The smallest absolute Gasteiger partial charge is 0.294 e. The highest BCUT2D eigenvalue weighted by atomic mass is 127. The second-order valence-corrected chi connectivity index (χ2v) is 9.56. The number of nitrogens with zero attached hydrogens (tertiary/aromatic N) is 1. The van der Waals surface area contributed by atoms with Crippen molar-refractivity contribution in [3.8, 4) is 18.1 Å². The quantitative estimate of drug-likeness (QED) is 0.268. The largest absolute Gasteiger partial charge is 0.479 e. The molecule has 1 heterocycles. The third-order valence-corrected chi connectivity index (χ3v) is 6.51. The number of benzene rings is 2. The van der Waals surface area contributed by atoms with Crippen molar-refractivity contribution in [2.24, 2.45) is 0 Å². The van der Waals surface area contributed by atoms with Crippen LogP contribution in [-0.4, -0.2) is 35.1 Å². The Morgan fingerprint density at radius 2 is 1.91 bits per heavy atom. The highest BCUT2D eigenvalue weighted by Gasteiger charge is 2.36. The number of halogens is 4. The van der Waals surface area contributed by atoms with Gasteiger partial charge in [0.25, 0.3) is 11.1 Å². The van der Waals surface area contributed by atoms with E-state index in [2.05, 4.69) is 56.4 Å². The molecule has 11 heteroatoms. The fourth-order valence-electron chi connectivity index (χ4n) is 2.63. The van der Waals surface area contributed by atoms with E-state index in [0.717, 1.165) is 24.2 Å². The standard InChI is InChI=1S/C21H12F2I2N2O4S/c1-2-5-31-19-14(24)6-11(7-15(19)25)8-17-20(29)27(21(30)32-17)10-18(28)26-16-4-3-12(22)9-13(16)23/h1,3-4,6-9H,5,10H2,(H,26,28)/b17-8-. The number of hydrogen-bond acceptors (Lipinski definition) is 5. The molecule has 0 saturated carbocycles. The van der Waals surface area contributed by atoms with Crippen molar-refractivity contribution in [1.82, 2.24) is 4.90 Å². The minimum Gasteiger partial charge on any atom is -0.479 e. The van der Waals surface area contributed by atoms with E-state index in [1.165, 1.54) is 6.08 Å². The van der Waals surface area contributed by atoms with Gasteiger partial charge in [-0.3, -0.25) is 19.3 Å². The molecule has 164 valence electrons. The van der Waals surface area contributed by atoms with Gasteiger partial charge >= 0.3 is 0 Å². The van der Waals surface area contributed by atoms with Crippen LogP contribution in [0.2, 0.25) is 0 Å². The molecule has 6 nitrogen and oxygen atoms in total. The summed E-state index contributed by atoms with van der Waals surface area (Å²) in [6.45, 7) is -0.485. The summed E-state index contributed by atoms with van der Waals surface area (Å²) in [7, 11) is 0. The first kappa shape index (κ1) is 24.5. The summed E-state index contributed by atoms with van der Waals surface area (Å²) in [5, 5.41) is 1.59. The molecule has 0 bridgehead atoms. The van der Waals surface area contributed by atoms with E-state index in [0.29, 0.717) is 29.1 Å². The predicted octanol–water partition coefficient (Wildman–Crippen LogP) is 4.86. The number of amides is 3. The number of imide groups is 1. The summed E-state index contributed by atoms with van der Waals surface area (Å²) >= 11 is 4.85. The van der Waals surface area contributed by atoms with Gasteiger partial charge in [0.1, 0.15) is 30.5 Å². The average molecular weight is 680 g/mol. The summed E-state index contributed by atoms with van der Waals surface area (Å²) in [4.78, 5) is 38.0. The molecule has 0 unspecified atom stereocenters. The summed E-state index contributed by atoms with van der Waals surface area (Å²) in [6.07, 6.45) is 6.76. The number of carbonyl (C=O) groups excluding carboxylic acids is 3. The lowest BCUT2D eigenvalue weighted by Gasteiger charge is -2.13. The van der Waals surface area contributed by atoms with Crippen molar-refractivity contribution in [2.75, 3.05) is 18.5 Å². The second-order valence-electron chi connectivity index (χ2n) is 6.25. The molecule has 32 heavy (non-hydrogen) atoms. The summed E-state index contributed by atoms with van der Waals surface area (Å²) < 4.78 is 33.8. The summed E-state index contributed by atoms with van der Waals surface area (Å²) in [6, 6.07) is 6.19. The Hall–Kier alpha value is -2.18. The molecule has 0 aliphatic carbocycles. The third kappa shape index (κ3) is 5.78. The van der Waals surface area contributed by atoms with Gasteiger partial charge < -0.3 is 10.1 Å². The number of thioether (sulfide) groups is 1. The van der Waals surface area contributed by atoms with E-state index in [4.69, 9.17) is 11.2 Å². The van der Waals surface area contributed by atoms with E-state index in [1.807, 2.05) is 0 Å². The van der Waals surface area contributed by atoms with Crippen LogP contribution in [0.15, 0.2) is 35.2 Å². The number of rotatable bonds is 6. The number of carbonyl (C=O) groups is 3. The molecule has 2 aromatic carbocycles. The Kier molecular flexibility index (Phi) is 8.12. The Labute approximate surface area is 213 Å². The first-order valence-corrected chi connectivity index (χ1v) is 11.7. The van der Waals surface area contributed by atoms with Gasteiger partial charge in [-0.1, -0.05) is 5.92 Å². The Balaban J connectivity index is 1.73. The Morgan fingerprint density at radius 1 is 1.22 bits per heavy atom. The molecule has 0 aromatic heterocycles.